The van der Waals surface area contributed by atoms with Gasteiger partial charge in [0.25, 0.3) is 0 Å². The van der Waals surface area contributed by atoms with E-state index in [1.165, 1.54) is 0 Å². The van der Waals surface area contributed by atoms with Crippen LogP contribution in [0.3, 0.4) is 0 Å². The van der Waals surface area contributed by atoms with Crippen LogP contribution in [0.25, 0.3) is 0 Å². The van der Waals surface area contributed by atoms with Gasteiger partial charge < -0.3 is 5.32 Å². The van der Waals surface area contributed by atoms with Gasteiger partial charge in [-0.05, 0) is 0 Å². The fourth-order valence-corrected chi connectivity index (χ4v) is 1.86. The number of aromatic nitrogens is 4. The number of nitrogens with one attached hydrogen (secondary N) is 1. The van der Waals surface area contributed by atoms with Crippen LogP contribution in [0.4, 0.5) is 11.5 Å². The van der Waals surface area contributed by atoms with Crippen LogP contribution in [-0.2, 0) is 17.9 Å². The fraction of sp³-hybridized carbons (Fsp3) is 0.562. The maximum absolute atomic E-state index is 4.75. The predicted molar refractivity (Wildman–Crippen MR) is 85.9 cm³/mol. The summed E-state index contributed by atoms with van der Waals surface area (Å²) in [6.07, 6.45) is 3.71. The zero-order valence-electron chi connectivity index (χ0n) is 14.0. The zero-order valence-corrected chi connectivity index (χ0v) is 14.0. The summed E-state index contributed by atoms with van der Waals surface area (Å²) >= 11 is 0. The Bertz CT molecular complexity index is 597. The van der Waals surface area contributed by atoms with E-state index in [0.29, 0.717) is 0 Å². The molecule has 0 amide bonds. The molecule has 0 aliphatic carbocycles. The van der Waals surface area contributed by atoms with Crippen molar-refractivity contribution in [1.82, 2.24) is 19.7 Å². The number of hydrogen-bond acceptors (Lipinski definition) is 4. The monoisotopic (exact) mass is 287 g/mol. The number of aryl methyl sites for hydroxylation is 1. The third-order valence-corrected chi connectivity index (χ3v) is 3.14. The number of nitrogens with zero attached hydrogens (tertiary/aromatic N) is 4. The molecule has 0 aliphatic heterocycles. The molecule has 114 valence electrons. The van der Waals surface area contributed by atoms with Gasteiger partial charge in [-0.25, -0.2) is 9.97 Å². The van der Waals surface area contributed by atoms with Gasteiger partial charge in [0.15, 0.2) is 0 Å². The van der Waals surface area contributed by atoms with Crippen LogP contribution in [0, 0.1) is 0 Å². The summed E-state index contributed by atoms with van der Waals surface area (Å²) in [7, 11) is 1.90. The Morgan fingerprint density at radius 3 is 2.14 bits per heavy atom. The lowest BCUT2D eigenvalue weighted by Gasteiger charge is -2.23. The second-order valence-corrected chi connectivity index (χ2v) is 7.49. The molecule has 2 aromatic heterocycles. The molecule has 0 saturated heterocycles. The zero-order chi connectivity index (χ0) is 15.8. The predicted octanol–water partition coefficient (Wildman–Crippen LogP) is 3.55. The molecule has 1 N–H and O–H groups in total. The Balaban J connectivity index is 2.45. The number of anilines is 2. The summed E-state index contributed by atoms with van der Waals surface area (Å²) in [5, 5.41) is 7.48. The molecule has 0 spiro atoms. The van der Waals surface area contributed by atoms with Gasteiger partial charge >= 0.3 is 0 Å². The van der Waals surface area contributed by atoms with Crippen molar-refractivity contribution in [2.45, 2.75) is 52.4 Å². The normalized spacial score (nSPS) is 12.5. The molecule has 0 atom stereocenters. The van der Waals surface area contributed by atoms with Crippen molar-refractivity contribution in [3.05, 3.63) is 30.0 Å². The van der Waals surface area contributed by atoms with E-state index in [9.17, 15) is 0 Å². The number of hydrogen-bond donors (Lipinski definition) is 1. The van der Waals surface area contributed by atoms with Gasteiger partial charge in [0.05, 0.1) is 17.6 Å². The second kappa shape index (κ2) is 5.13. The lowest BCUT2D eigenvalue weighted by molar-refractivity contribution is 0.514. The van der Waals surface area contributed by atoms with Crippen molar-refractivity contribution >= 4 is 11.5 Å². The van der Waals surface area contributed by atoms with Gasteiger partial charge in [0.1, 0.15) is 11.6 Å². The summed E-state index contributed by atoms with van der Waals surface area (Å²) in [4.78, 5) is 9.41. The van der Waals surface area contributed by atoms with E-state index in [0.717, 1.165) is 23.0 Å². The van der Waals surface area contributed by atoms with E-state index in [2.05, 4.69) is 56.9 Å². The van der Waals surface area contributed by atoms with Crippen LogP contribution < -0.4 is 5.32 Å². The Labute approximate surface area is 126 Å². The van der Waals surface area contributed by atoms with Gasteiger partial charge in [-0.1, -0.05) is 41.5 Å². The van der Waals surface area contributed by atoms with E-state index in [-0.39, 0.29) is 10.8 Å². The highest BCUT2D eigenvalue weighted by Crippen LogP contribution is 2.27. The topological polar surface area (TPSA) is 55.6 Å². The quantitative estimate of drug-likeness (QED) is 0.917. The molecule has 2 rings (SSSR count). The molecular weight excluding hydrogens is 262 g/mol. The Hall–Kier alpha value is -1.91. The van der Waals surface area contributed by atoms with Gasteiger partial charge in [-0.15, -0.1) is 0 Å². The van der Waals surface area contributed by atoms with Crippen LogP contribution in [0.15, 0.2) is 18.5 Å². The maximum Gasteiger partial charge on any atom is 0.136 e. The van der Waals surface area contributed by atoms with Crippen molar-refractivity contribution in [2.75, 3.05) is 5.32 Å². The molecular formula is C16H25N5. The SMILES string of the molecule is Cn1cc(Nc2cc(C(C)(C)C)nc(C(C)(C)C)n2)cn1. The maximum atomic E-state index is 4.75. The average molecular weight is 287 g/mol. The van der Waals surface area contributed by atoms with E-state index < -0.39 is 0 Å². The van der Waals surface area contributed by atoms with Crippen molar-refractivity contribution < 1.29 is 0 Å². The lowest BCUT2D eigenvalue weighted by atomic mass is 9.90. The summed E-state index contributed by atoms with van der Waals surface area (Å²) in [5.41, 5.74) is 1.85. The van der Waals surface area contributed by atoms with Gasteiger partial charge in [0.2, 0.25) is 0 Å². The van der Waals surface area contributed by atoms with Crippen LogP contribution in [-0.4, -0.2) is 19.7 Å². The highest BCUT2D eigenvalue weighted by Gasteiger charge is 2.23. The molecule has 2 heterocycles. The summed E-state index contributed by atoms with van der Waals surface area (Å²) in [6, 6.07) is 2.02. The van der Waals surface area contributed by atoms with E-state index in [1.807, 2.05) is 19.3 Å². The molecule has 2 aromatic rings. The Morgan fingerprint density at radius 2 is 1.67 bits per heavy atom. The third-order valence-electron chi connectivity index (χ3n) is 3.14. The van der Waals surface area contributed by atoms with Gasteiger partial charge in [-0.3, -0.25) is 4.68 Å². The first-order valence-corrected chi connectivity index (χ1v) is 7.21. The average Bonchev–Trinajstić information content (AvgIpc) is 2.72. The first-order valence-electron chi connectivity index (χ1n) is 7.21. The highest BCUT2D eigenvalue weighted by atomic mass is 15.3. The fourth-order valence-electron chi connectivity index (χ4n) is 1.86. The molecule has 21 heavy (non-hydrogen) atoms. The minimum atomic E-state index is -0.0906. The minimum absolute atomic E-state index is 0.0195. The van der Waals surface area contributed by atoms with Crippen LogP contribution in [0.1, 0.15) is 53.1 Å². The standard InChI is InChI=1S/C16H25N5/c1-15(2,3)12-8-13(18-11-9-17-21(7)10-11)20-14(19-12)16(4,5)6/h8-10H,1-7H3,(H,18,19,20). The van der Waals surface area contributed by atoms with Crippen LogP contribution in [0.5, 0.6) is 0 Å². The molecule has 0 unspecified atom stereocenters. The van der Waals surface area contributed by atoms with E-state index >= 15 is 0 Å². The smallest absolute Gasteiger partial charge is 0.136 e. The van der Waals surface area contributed by atoms with Crippen LogP contribution >= 0.6 is 0 Å². The van der Waals surface area contributed by atoms with Crippen molar-refractivity contribution in [3.63, 3.8) is 0 Å². The third kappa shape index (κ3) is 3.80. The molecule has 0 aromatic carbocycles. The lowest BCUT2D eigenvalue weighted by Crippen LogP contribution is -2.22. The van der Waals surface area contributed by atoms with E-state index in [1.54, 1.807) is 10.9 Å². The summed E-state index contributed by atoms with van der Waals surface area (Å²) in [5.74, 6) is 1.66. The molecule has 5 heteroatoms. The summed E-state index contributed by atoms with van der Waals surface area (Å²) in [6.45, 7) is 12.9. The highest BCUT2D eigenvalue weighted by molar-refractivity contribution is 5.54. The van der Waals surface area contributed by atoms with Crippen LogP contribution in [0.2, 0.25) is 0 Å². The Morgan fingerprint density at radius 1 is 1.00 bits per heavy atom. The first kappa shape index (κ1) is 15.5. The molecule has 0 fully saturated rings. The molecule has 0 aliphatic rings. The molecule has 5 nitrogen and oxygen atoms in total. The van der Waals surface area contributed by atoms with Gasteiger partial charge in [-0.2, -0.15) is 5.10 Å². The second-order valence-electron chi connectivity index (χ2n) is 7.49. The minimum Gasteiger partial charge on any atom is -0.338 e. The molecule has 0 radical (unpaired) electrons. The summed E-state index contributed by atoms with van der Waals surface area (Å²) < 4.78 is 1.76. The molecule has 0 saturated carbocycles. The largest absolute Gasteiger partial charge is 0.338 e. The van der Waals surface area contributed by atoms with Crippen molar-refractivity contribution in [1.29, 1.82) is 0 Å². The van der Waals surface area contributed by atoms with Crippen molar-refractivity contribution in [3.8, 4) is 0 Å². The Kier molecular flexibility index (Phi) is 3.78. The molecule has 0 bridgehead atoms. The van der Waals surface area contributed by atoms with E-state index in [4.69, 9.17) is 4.98 Å². The number of rotatable bonds is 2. The van der Waals surface area contributed by atoms with Crippen molar-refractivity contribution in [2.24, 2.45) is 7.05 Å². The van der Waals surface area contributed by atoms with Gasteiger partial charge in [0, 0.05) is 30.1 Å². The first-order chi connectivity index (χ1) is 9.55.